The molecule has 1 amide bonds. The lowest BCUT2D eigenvalue weighted by Crippen LogP contribution is -2.26. The fourth-order valence-corrected chi connectivity index (χ4v) is 5.50. The van der Waals surface area contributed by atoms with E-state index in [1.54, 1.807) is 38.4 Å². The Hall–Kier alpha value is -5.36. The fraction of sp³-hybridized carbons (Fsp3) is 0.257. The first-order chi connectivity index (χ1) is 22.8. The highest BCUT2D eigenvalue weighted by atomic mass is 19.1. The molecule has 12 heteroatoms. The molecule has 47 heavy (non-hydrogen) atoms. The molecule has 0 bridgehead atoms. The number of nitrogens with one attached hydrogen (secondary N) is 1. The summed E-state index contributed by atoms with van der Waals surface area (Å²) in [6.07, 6.45) is 4.95. The van der Waals surface area contributed by atoms with Gasteiger partial charge in [-0.1, -0.05) is 6.07 Å². The Bertz CT molecular complexity index is 1990. The number of nitrogens with zero attached hydrogens (tertiary/aromatic N) is 4. The lowest BCUT2D eigenvalue weighted by atomic mass is 10.1. The summed E-state index contributed by atoms with van der Waals surface area (Å²) in [6.45, 7) is 5.35. The van der Waals surface area contributed by atoms with E-state index in [0.29, 0.717) is 40.3 Å². The van der Waals surface area contributed by atoms with Crippen molar-refractivity contribution >= 4 is 22.5 Å². The Morgan fingerprint density at radius 1 is 0.957 bits per heavy atom. The van der Waals surface area contributed by atoms with Crippen molar-refractivity contribution in [1.82, 2.24) is 19.7 Å². The monoisotopic (exact) mass is 641 g/mol. The van der Waals surface area contributed by atoms with Crippen molar-refractivity contribution in [3.8, 4) is 28.7 Å². The lowest BCUT2D eigenvalue weighted by molar-refractivity contribution is 0.102. The Balaban J connectivity index is 1.17. The number of halogens is 2. The molecule has 1 N–H and O–H groups in total. The van der Waals surface area contributed by atoms with Crippen LogP contribution in [0.2, 0.25) is 0 Å². The molecule has 6 rings (SSSR count). The van der Waals surface area contributed by atoms with Crippen LogP contribution < -0.4 is 25.1 Å². The molecule has 0 unspecified atom stereocenters. The van der Waals surface area contributed by atoms with Gasteiger partial charge in [0.1, 0.15) is 11.6 Å². The number of methoxy groups -OCH3 is 1. The summed E-state index contributed by atoms with van der Waals surface area (Å²) in [5, 5.41) is 7.34. The summed E-state index contributed by atoms with van der Waals surface area (Å²) >= 11 is 0. The standard InChI is InChI=1S/C35H33F2N5O5/c1-22-17-33(43)42(25-8-5-7-23(36)18-25)40-34(22)35(44)39-24-9-10-30(27(37)19-24)47-29-11-12-38-28-21-32(31(45-2)20-26(28)29)46-16-6-15-41-13-3-4-14-41/h5,7-12,17-21H,3-4,6,13-16H2,1-2H3,(H,39,44). The number of amides is 1. The normalized spacial score (nSPS) is 13.1. The molecule has 1 aliphatic rings. The summed E-state index contributed by atoms with van der Waals surface area (Å²) in [5.74, 6) is -0.628. The fourth-order valence-electron chi connectivity index (χ4n) is 5.50. The van der Waals surface area contributed by atoms with E-state index in [0.717, 1.165) is 42.9 Å². The van der Waals surface area contributed by atoms with Gasteiger partial charge in [0.2, 0.25) is 0 Å². The van der Waals surface area contributed by atoms with Gasteiger partial charge in [0.25, 0.3) is 11.5 Å². The molecule has 0 atom stereocenters. The number of pyridine rings is 1. The van der Waals surface area contributed by atoms with Gasteiger partial charge in [0.05, 0.1) is 24.9 Å². The van der Waals surface area contributed by atoms with Gasteiger partial charge in [0, 0.05) is 42.0 Å². The number of rotatable bonds is 11. The quantitative estimate of drug-likeness (QED) is 0.168. The van der Waals surface area contributed by atoms with Crippen molar-refractivity contribution in [2.75, 3.05) is 38.7 Å². The van der Waals surface area contributed by atoms with Crippen molar-refractivity contribution in [2.45, 2.75) is 26.2 Å². The van der Waals surface area contributed by atoms with Crippen LogP contribution in [0.15, 0.2) is 77.7 Å². The van der Waals surface area contributed by atoms with Gasteiger partial charge in [-0.05, 0) is 87.3 Å². The van der Waals surface area contributed by atoms with Gasteiger partial charge in [-0.25, -0.2) is 8.78 Å². The smallest absolute Gasteiger partial charge is 0.276 e. The average molecular weight is 642 g/mol. The number of carbonyl (C=O) groups is 1. The molecular weight excluding hydrogens is 608 g/mol. The second kappa shape index (κ2) is 14.0. The zero-order valence-corrected chi connectivity index (χ0v) is 26.0. The molecule has 10 nitrogen and oxygen atoms in total. The number of carbonyl (C=O) groups excluding carboxylic acids is 1. The van der Waals surface area contributed by atoms with Crippen LogP contribution in [-0.2, 0) is 0 Å². The van der Waals surface area contributed by atoms with E-state index in [1.807, 2.05) is 0 Å². The maximum absolute atomic E-state index is 15.3. The molecule has 3 heterocycles. The molecule has 1 fully saturated rings. The Morgan fingerprint density at radius 3 is 2.55 bits per heavy atom. The van der Waals surface area contributed by atoms with Gasteiger partial charge in [-0.15, -0.1) is 0 Å². The minimum absolute atomic E-state index is 0.0781. The van der Waals surface area contributed by atoms with Crippen LogP contribution in [0.3, 0.4) is 0 Å². The second-order valence-corrected chi connectivity index (χ2v) is 11.2. The summed E-state index contributed by atoms with van der Waals surface area (Å²) in [4.78, 5) is 32.5. The summed E-state index contributed by atoms with van der Waals surface area (Å²) in [7, 11) is 1.55. The van der Waals surface area contributed by atoms with Crippen LogP contribution in [0, 0.1) is 18.6 Å². The van der Waals surface area contributed by atoms with Crippen LogP contribution in [-0.4, -0.2) is 58.9 Å². The molecule has 0 aliphatic carbocycles. The van der Waals surface area contributed by atoms with E-state index >= 15 is 4.39 Å². The van der Waals surface area contributed by atoms with Crippen LogP contribution in [0.1, 0.15) is 35.3 Å². The van der Waals surface area contributed by atoms with Gasteiger partial charge < -0.3 is 24.4 Å². The van der Waals surface area contributed by atoms with E-state index in [-0.39, 0.29) is 22.8 Å². The number of ether oxygens (including phenoxy) is 3. The molecule has 242 valence electrons. The number of aromatic nitrogens is 3. The number of aryl methyl sites for hydroxylation is 1. The SMILES string of the molecule is COc1cc2c(Oc3ccc(NC(=O)c4nn(-c5cccc(F)c5)c(=O)cc4C)cc3F)ccnc2cc1OCCCN1CCCC1. The molecule has 3 aromatic carbocycles. The third-order valence-electron chi connectivity index (χ3n) is 7.86. The topological polar surface area (TPSA) is 108 Å². The first kappa shape index (κ1) is 31.6. The number of hydrogen-bond acceptors (Lipinski definition) is 8. The zero-order valence-electron chi connectivity index (χ0n) is 26.0. The van der Waals surface area contributed by atoms with Crippen molar-refractivity contribution in [3.63, 3.8) is 0 Å². The largest absolute Gasteiger partial charge is 0.493 e. The summed E-state index contributed by atoms with van der Waals surface area (Å²) in [6, 6.07) is 15.6. The predicted octanol–water partition coefficient (Wildman–Crippen LogP) is 6.29. The van der Waals surface area contributed by atoms with E-state index in [4.69, 9.17) is 14.2 Å². The van der Waals surface area contributed by atoms with Crippen molar-refractivity contribution in [2.24, 2.45) is 0 Å². The maximum atomic E-state index is 15.3. The molecule has 5 aromatic rings. The minimum Gasteiger partial charge on any atom is -0.493 e. The molecule has 0 spiro atoms. The Kier molecular flexibility index (Phi) is 9.39. The number of likely N-dealkylation sites (tertiary alicyclic amines) is 1. The van der Waals surface area contributed by atoms with E-state index < -0.39 is 23.1 Å². The minimum atomic E-state index is -0.730. The van der Waals surface area contributed by atoms with E-state index in [9.17, 15) is 14.0 Å². The van der Waals surface area contributed by atoms with Crippen molar-refractivity contribution in [3.05, 3.63) is 106 Å². The number of hydrogen-bond donors (Lipinski definition) is 1. The van der Waals surface area contributed by atoms with Crippen molar-refractivity contribution in [1.29, 1.82) is 0 Å². The lowest BCUT2D eigenvalue weighted by Gasteiger charge is -2.16. The highest BCUT2D eigenvalue weighted by molar-refractivity contribution is 6.03. The molecular formula is C35H33F2N5O5. The number of anilines is 1. The molecule has 1 aliphatic heterocycles. The summed E-state index contributed by atoms with van der Waals surface area (Å²) in [5.41, 5.74) is 0.574. The molecule has 0 saturated carbocycles. The Morgan fingerprint density at radius 2 is 1.79 bits per heavy atom. The first-order valence-corrected chi connectivity index (χ1v) is 15.3. The van der Waals surface area contributed by atoms with E-state index in [2.05, 4.69) is 20.3 Å². The maximum Gasteiger partial charge on any atom is 0.276 e. The van der Waals surface area contributed by atoms with Crippen molar-refractivity contribution < 1.29 is 27.8 Å². The third-order valence-corrected chi connectivity index (χ3v) is 7.86. The predicted molar refractivity (Wildman–Crippen MR) is 173 cm³/mol. The molecule has 0 radical (unpaired) electrons. The van der Waals surface area contributed by atoms with Gasteiger partial charge in [0.15, 0.2) is 28.8 Å². The van der Waals surface area contributed by atoms with Crippen LogP contribution >= 0.6 is 0 Å². The highest BCUT2D eigenvalue weighted by Gasteiger charge is 2.18. The van der Waals surface area contributed by atoms with Crippen LogP contribution in [0.4, 0.5) is 14.5 Å². The summed E-state index contributed by atoms with van der Waals surface area (Å²) < 4.78 is 47.6. The number of benzene rings is 3. The average Bonchev–Trinajstić information content (AvgIpc) is 3.58. The molecule has 1 saturated heterocycles. The highest BCUT2D eigenvalue weighted by Crippen LogP contribution is 2.38. The van der Waals surface area contributed by atoms with Crippen LogP contribution in [0.25, 0.3) is 16.6 Å². The van der Waals surface area contributed by atoms with Gasteiger partial charge in [-0.3, -0.25) is 14.6 Å². The van der Waals surface area contributed by atoms with E-state index in [1.165, 1.54) is 49.2 Å². The van der Waals surface area contributed by atoms with Gasteiger partial charge in [-0.2, -0.15) is 9.78 Å². The second-order valence-electron chi connectivity index (χ2n) is 11.2. The van der Waals surface area contributed by atoms with Gasteiger partial charge >= 0.3 is 0 Å². The third kappa shape index (κ3) is 7.23. The number of fused-ring (bicyclic) bond motifs is 1. The molecule has 2 aromatic heterocycles. The van der Waals surface area contributed by atoms with Crippen LogP contribution in [0.5, 0.6) is 23.0 Å². The Labute approximate surface area is 269 Å². The first-order valence-electron chi connectivity index (χ1n) is 15.3. The zero-order chi connectivity index (χ0) is 32.9.